The molecule has 2 aliphatic rings. The first-order chi connectivity index (χ1) is 24.8. The quantitative estimate of drug-likeness (QED) is 0.207. The van der Waals surface area contributed by atoms with E-state index in [4.69, 9.17) is 9.47 Å². The maximum absolute atomic E-state index is 7.12. The molecule has 0 saturated heterocycles. The van der Waals surface area contributed by atoms with Gasteiger partial charge in [-0.25, -0.2) is 0 Å². The van der Waals surface area contributed by atoms with Crippen LogP contribution in [0.3, 0.4) is 0 Å². The second-order valence-corrected chi connectivity index (χ2v) is 12.4. The number of dihydropyridines is 1. The number of rotatable bonds is 4. The second-order valence-electron chi connectivity index (χ2n) is 12.4. The summed E-state index contributed by atoms with van der Waals surface area (Å²) in [6.45, 7) is 0.779. The van der Waals surface area contributed by atoms with Crippen molar-refractivity contribution < 1.29 is 9.47 Å². The van der Waals surface area contributed by atoms with E-state index in [1.54, 1.807) is 0 Å². The van der Waals surface area contributed by atoms with Crippen LogP contribution in [0.4, 0.5) is 0 Å². The summed E-state index contributed by atoms with van der Waals surface area (Å²) in [5.74, 6) is 2.96. The first kappa shape index (κ1) is 29.5. The van der Waals surface area contributed by atoms with Gasteiger partial charge in [0.25, 0.3) is 0 Å². The maximum atomic E-state index is 7.12. The molecule has 6 aromatic carbocycles. The first-order valence-corrected chi connectivity index (χ1v) is 16.8. The van der Waals surface area contributed by atoms with Gasteiger partial charge in [0.15, 0.2) is 0 Å². The molecule has 50 heavy (non-hydrogen) atoms. The van der Waals surface area contributed by atoms with Gasteiger partial charge in [-0.3, -0.25) is 4.98 Å². The predicted octanol–water partition coefficient (Wildman–Crippen LogP) is 11.8. The summed E-state index contributed by atoms with van der Waals surface area (Å²) in [7, 11) is 0. The van der Waals surface area contributed by atoms with Crippen LogP contribution < -0.4 is 14.8 Å². The lowest BCUT2D eigenvalue weighted by Gasteiger charge is -2.23. The van der Waals surface area contributed by atoms with Gasteiger partial charge in [0.05, 0.1) is 5.69 Å². The van der Waals surface area contributed by atoms with Gasteiger partial charge < -0.3 is 14.8 Å². The Bertz CT molecular complexity index is 2420. The largest absolute Gasteiger partial charge is 0.456 e. The molecule has 238 valence electrons. The normalized spacial score (nSPS) is 12.8. The number of ether oxygens (including phenoxy) is 2. The molecule has 9 rings (SSSR count). The van der Waals surface area contributed by atoms with Crippen LogP contribution in [0.1, 0.15) is 5.56 Å². The van der Waals surface area contributed by atoms with Crippen LogP contribution in [0.5, 0.6) is 23.0 Å². The third-order valence-electron chi connectivity index (χ3n) is 9.24. The molecule has 4 nitrogen and oxygen atoms in total. The minimum absolute atomic E-state index is 0.721. The van der Waals surface area contributed by atoms with Gasteiger partial charge in [-0.2, -0.15) is 0 Å². The molecule has 0 spiro atoms. The third kappa shape index (κ3) is 5.63. The Morgan fingerprint density at radius 3 is 1.42 bits per heavy atom. The summed E-state index contributed by atoms with van der Waals surface area (Å²) in [5, 5.41) is 3.50. The molecular weight excluding hydrogens is 613 g/mol. The van der Waals surface area contributed by atoms with Gasteiger partial charge in [-0.1, -0.05) is 103 Å². The zero-order chi connectivity index (χ0) is 33.3. The zero-order valence-electron chi connectivity index (χ0n) is 27.2. The molecule has 2 aliphatic heterocycles. The highest BCUT2D eigenvalue weighted by molar-refractivity contribution is 5.87. The van der Waals surface area contributed by atoms with E-state index in [-0.39, 0.29) is 0 Å². The van der Waals surface area contributed by atoms with Crippen LogP contribution in [0, 0.1) is 0 Å². The third-order valence-corrected chi connectivity index (χ3v) is 9.24. The van der Waals surface area contributed by atoms with Gasteiger partial charge in [-0.15, -0.1) is 0 Å². The van der Waals surface area contributed by atoms with Crippen molar-refractivity contribution in [2.45, 2.75) is 0 Å². The summed E-state index contributed by atoms with van der Waals surface area (Å²) < 4.78 is 14.2. The van der Waals surface area contributed by atoms with E-state index in [1.807, 2.05) is 36.5 Å². The van der Waals surface area contributed by atoms with Crippen molar-refractivity contribution in [3.8, 4) is 78.8 Å². The Labute approximate surface area is 291 Å². The van der Waals surface area contributed by atoms with E-state index in [0.717, 1.165) is 96.6 Å². The molecule has 0 fully saturated rings. The van der Waals surface area contributed by atoms with Crippen molar-refractivity contribution >= 4 is 5.70 Å². The number of hydrogen-bond acceptors (Lipinski definition) is 4. The van der Waals surface area contributed by atoms with Crippen LogP contribution in [0.2, 0.25) is 0 Å². The predicted molar refractivity (Wildman–Crippen MR) is 203 cm³/mol. The van der Waals surface area contributed by atoms with Crippen LogP contribution in [0.15, 0.2) is 176 Å². The van der Waals surface area contributed by atoms with Crippen molar-refractivity contribution in [3.05, 3.63) is 182 Å². The standard InChI is InChI=1S/C46H32N2O2/c1-3-11-31(12-4-1)33-17-21-37-39-23-19-35(41-15-7-9-25-47-41)29-45(39)50-46-30-36(42-16-8-10-26-48-42)20-24-40(46)38-22-18-34(32-13-5-2-6-14-32)28-44(38)49-43(37)27-33/h1-25,27-30,48H,26H2. The second kappa shape index (κ2) is 12.8. The Kier molecular flexibility index (Phi) is 7.52. The zero-order valence-corrected chi connectivity index (χ0v) is 27.2. The molecule has 0 aliphatic carbocycles. The van der Waals surface area contributed by atoms with Crippen molar-refractivity contribution in [1.82, 2.24) is 10.3 Å². The Morgan fingerprint density at radius 1 is 0.440 bits per heavy atom. The number of pyridine rings is 1. The molecule has 0 radical (unpaired) electrons. The Morgan fingerprint density at radius 2 is 0.920 bits per heavy atom. The number of aromatic nitrogens is 1. The highest BCUT2D eigenvalue weighted by Crippen LogP contribution is 2.49. The molecule has 1 aromatic heterocycles. The lowest BCUT2D eigenvalue weighted by molar-refractivity contribution is 0.472. The summed E-state index contributed by atoms with van der Waals surface area (Å²) in [6.07, 6.45) is 8.11. The smallest absolute Gasteiger partial charge is 0.136 e. The fourth-order valence-corrected chi connectivity index (χ4v) is 6.69. The minimum Gasteiger partial charge on any atom is -0.456 e. The minimum atomic E-state index is 0.721. The molecule has 0 unspecified atom stereocenters. The summed E-state index contributed by atoms with van der Waals surface area (Å²) in [6, 6.07) is 52.4. The van der Waals surface area contributed by atoms with Crippen molar-refractivity contribution in [3.63, 3.8) is 0 Å². The Balaban J connectivity index is 1.30. The summed E-state index contributed by atoms with van der Waals surface area (Å²) in [4.78, 5) is 4.64. The lowest BCUT2D eigenvalue weighted by atomic mass is 9.94. The average Bonchev–Trinajstić information content (AvgIpc) is 3.19. The van der Waals surface area contributed by atoms with Crippen LogP contribution in [-0.4, -0.2) is 11.5 Å². The van der Waals surface area contributed by atoms with E-state index in [1.165, 1.54) is 0 Å². The molecule has 0 saturated carbocycles. The van der Waals surface area contributed by atoms with E-state index < -0.39 is 0 Å². The molecule has 0 atom stereocenters. The van der Waals surface area contributed by atoms with E-state index in [0.29, 0.717) is 0 Å². The SMILES string of the molecule is C1=CCNC(c2ccc3c(c2)Oc2cc(-c4ccccn4)ccc2-c2ccc(-c4ccccc4)cc2Oc2cc(-c4ccccc4)ccc2-3)=C1. The molecule has 0 bridgehead atoms. The van der Waals surface area contributed by atoms with Gasteiger partial charge in [0.2, 0.25) is 0 Å². The van der Waals surface area contributed by atoms with Crippen molar-refractivity contribution in [2.24, 2.45) is 0 Å². The monoisotopic (exact) mass is 644 g/mol. The summed E-state index contributed by atoms with van der Waals surface area (Å²) in [5.41, 5.74) is 12.1. The number of nitrogens with zero attached hydrogens (tertiary/aromatic N) is 1. The van der Waals surface area contributed by atoms with E-state index in [9.17, 15) is 0 Å². The fraction of sp³-hybridized carbons (Fsp3) is 0.0217. The van der Waals surface area contributed by atoms with Gasteiger partial charge in [-0.05, 0) is 89.0 Å². The molecule has 1 N–H and O–H groups in total. The lowest BCUT2D eigenvalue weighted by Crippen LogP contribution is -2.14. The van der Waals surface area contributed by atoms with Crippen molar-refractivity contribution in [1.29, 1.82) is 0 Å². The topological polar surface area (TPSA) is 43.4 Å². The maximum Gasteiger partial charge on any atom is 0.136 e. The average molecular weight is 645 g/mol. The van der Waals surface area contributed by atoms with Crippen molar-refractivity contribution in [2.75, 3.05) is 6.54 Å². The van der Waals surface area contributed by atoms with E-state index in [2.05, 4.69) is 150 Å². The number of benzene rings is 6. The molecule has 4 heteroatoms. The summed E-state index contributed by atoms with van der Waals surface area (Å²) >= 11 is 0. The highest BCUT2D eigenvalue weighted by Gasteiger charge is 2.23. The highest BCUT2D eigenvalue weighted by atomic mass is 16.5. The van der Waals surface area contributed by atoms with Gasteiger partial charge >= 0.3 is 0 Å². The molecule has 0 amide bonds. The molecule has 3 heterocycles. The Hall–Kier alpha value is -6.65. The fourth-order valence-electron chi connectivity index (χ4n) is 6.69. The van der Waals surface area contributed by atoms with Crippen LogP contribution >= 0.6 is 0 Å². The number of nitrogens with one attached hydrogen (secondary N) is 1. The number of hydrogen-bond donors (Lipinski definition) is 1. The van der Waals surface area contributed by atoms with E-state index >= 15 is 0 Å². The van der Waals surface area contributed by atoms with Crippen LogP contribution in [0.25, 0.3) is 61.5 Å². The first-order valence-electron chi connectivity index (χ1n) is 16.8. The number of fused-ring (bicyclic) bond motifs is 6. The van der Waals surface area contributed by atoms with Gasteiger partial charge in [0, 0.05) is 51.8 Å². The van der Waals surface area contributed by atoms with Crippen LogP contribution in [-0.2, 0) is 0 Å². The molecular formula is C46H32N2O2. The molecule has 7 aromatic rings. The number of allylic oxidation sites excluding steroid dienone is 2. The van der Waals surface area contributed by atoms with Gasteiger partial charge in [0.1, 0.15) is 23.0 Å².